The van der Waals surface area contributed by atoms with Crippen LogP contribution in [0.25, 0.3) is 10.2 Å². The molecule has 0 saturated heterocycles. The maximum atomic E-state index is 12.9. The van der Waals surface area contributed by atoms with Crippen molar-refractivity contribution >= 4 is 55.5 Å². The molecule has 1 aliphatic carbocycles. The number of fused-ring (bicyclic) bond motifs is 3. The highest BCUT2D eigenvalue weighted by Crippen LogP contribution is 2.39. The van der Waals surface area contributed by atoms with Crippen LogP contribution in [0.2, 0.25) is 0 Å². The Balaban J connectivity index is 1.35. The first-order chi connectivity index (χ1) is 15.0. The van der Waals surface area contributed by atoms with E-state index in [2.05, 4.69) is 46.5 Å². The number of anilines is 2. The Labute approximate surface area is 192 Å². The molecule has 5 rings (SSSR count). The van der Waals surface area contributed by atoms with Crippen LogP contribution in [0.5, 0.6) is 0 Å². The molecular formula is C22H23N5OS3. The Kier molecular flexibility index (Phi) is 5.58. The smallest absolute Gasteiger partial charge is 0.259 e. The summed E-state index contributed by atoms with van der Waals surface area (Å²) >= 11 is 4.75. The standard InChI is InChI=1S/C22H23N5OS3/c1-11-5-4-6-14(9-11)23-21-26-27-22(31-21)29-13(3)18-24-19(28)17-15-8-7-12(2)10-16(15)30-20(17)25-18/h4-6,9,12-13H,7-8,10H2,1-3H3,(H,23,26)(H,24,25,28)/t12-,13+/m1/s1. The Morgan fingerprint density at radius 2 is 2.16 bits per heavy atom. The highest BCUT2D eigenvalue weighted by molar-refractivity contribution is 8.01. The van der Waals surface area contributed by atoms with Crippen molar-refractivity contribution in [3.8, 4) is 0 Å². The molecule has 0 saturated carbocycles. The fourth-order valence-electron chi connectivity index (χ4n) is 3.92. The van der Waals surface area contributed by atoms with E-state index in [9.17, 15) is 4.79 Å². The van der Waals surface area contributed by atoms with Crippen molar-refractivity contribution < 1.29 is 0 Å². The first-order valence-electron chi connectivity index (χ1n) is 10.3. The number of thiophene rings is 1. The zero-order valence-corrected chi connectivity index (χ0v) is 20.0. The van der Waals surface area contributed by atoms with Crippen molar-refractivity contribution in [3.63, 3.8) is 0 Å². The number of benzene rings is 1. The average Bonchev–Trinajstić information content (AvgIpc) is 3.31. The fourth-order valence-corrected chi connectivity index (χ4v) is 7.28. The van der Waals surface area contributed by atoms with Crippen molar-refractivity contribution in [1.29, 1.82) is 0 Å². The maximum Gasteiger partial charge on any atom is 0.259 e. The summed E-state index contributed by atoms with van der Waals surface area (Å²) in [7, 11) is 0. The van der Waals surface area contributed by atoms with E-state index < -0.39 is 0 Å². The van der Waals surface area contributed by atoms with Crippen LogP contribution in [0.1, 0.15) is 47.3 Å². The number of H-pyrrole nitrogens is 1. The summed E-state index contributed by atoms with van der Waals surface area (Å²) in [5.74, 6) is 1.37. The monoisotopic (exact) mass is 469 g/mol. The quantitative estimate of drug-likeness (QED) is 0.356. The minimum Gasteiger partial charge on any atom is -0.330 e. The fraction of sp³-hybridized carbons (Fsp3) is 0.364. The Morgan fingerprint density at radius 3 is 3.00 bits per heavy atom. The van der Waals surface area contributed by atoms with E-state index in [-0.39, 0.29) is 10.8 Å². The molecule has 3 aromatic heterocycles. The summed E-state index contributed by atoms with van der Waals surface area (Å²) in [5.41, 5.74) is 3.38. The second kappa shape index (κ2) is 8.37. The van der Waals surface area contributed by atoms with E-state index in [4.69, 9.17) is 4.98 Å². The summed E-state index contributed by atoms with van der Waals surface area (Å²) in [5, 5.41) is 13.4. The topological polar surface area (TPSA) is 83.6 Å². The van der Waals surface area contributed by atoms with Gasteiger partial charge in [-0.3, -0.25) is 4.79 Å². The minimum absolute atomic E-state index is 0.0152. The molecule has 0 spiro atoms. The van der Waals surface area contributed by atoms with Gasteiger partial charge < -0.3 is 10.3 Å². The molecule has 1 aromatic carbocycles. The van der Waals surface area contributed by atoms with Gasteiger partial charge in [-0.2, -0.15) is 0 Å². The zero-order chi connectivity index (χ0) is 21.5. The van der Waals surface area contributed by atoms with Gasteiger partial charge in [-0.25, -0.2) is 4.98 Å². The van der Waals surface area contributed by atoms with E-state index in [0.29, 0.717) is 11.7 Å². The number of hydrogen-bond donors (Lipinski definition) is 2. The number of hydrogen-bond acceptors (Lipinski definition) is 8. The second-order valence-corrected chi connectivity index (χ2v) is 11.8. The van der Waals surface area contributed by atoms with Crippen LogP contribution in [0.3, 0.4) is 0 Å². The first-order valence-corrected chi connectivity index (χ1v) is 12.9. The number of aromatic nitrogens is 4. The molecule has 160 valence electrons. The molecule has 6 nitrogen and oxygen atoms in total. The van der Waals surface area contributed by atoms with Gasteiger partial charge >= 0.3 is 0 Å². The van der Waals surface area contributed by atoms with Gasteiger partial charge in [0.15, 0.2) is 4.34 Å². The molecule has 9 heteroatoms. The van der Waals surface area contributed by atoms with E-state index in [0.717, 1.165) is 44.6 Å². The predicted molar refractivity (Wildman–Crippen MR) is 130 cm³/mol. The van der Waals surface area contributed by atoms with Gasteiger partial charge in [0.25, 0.3) is 5.56 Å². The molecule has 0 unspecified atom stereocenters. The summed E-state index contributed by atoms with van der Waals surface area (Å²) in [6.45, 7) is 6.38. The van der Waals surface area contributed by atoms with Crippen LogP contribution in [-0.4, -0.2) is 20.2 Å². The predicted octanol–water partition coefficient (Wildman–Crippen LogP) is 5.87. The Bertz CT molecular complexity index is 1310. The van der Waals surface area contributed by atoms with E-state index >= 15 is 0 Å². The minimum atomic E-state index is -0.0325. The van der Waals surface area contributed by atoms with Gasteiger partial charge in [0, 0.05) is 10.6 Å². The van der Waals surface area contributed by atoms with Gasteiger partial charge in [0.1, 0.15) is 10.7 Å². The maximum absolute atomic E-state index is 12.9. The molecule has 4 aromatic rings. The van der Waals surface area contributed by atoms with Crippen molar-refractivity contribution in [2.45, 2.75) is 49.6 Å². The number of aryl methyl sites for hydroxylation is 2. The lowest BCUT2D eigenvalue weighted by molar-refractivity contribution is 0.509. The third-order valence-electron chi connectivity index (χ3n) is 5.52. The number of aromatic amines is 1. The third kappa shape index (κ3) is 4.26. The number of nitrogens with one attached hydrogen (secondary N) is 2. The summed E-state index contributed by atoms with van der Waals surface area (Å²) in [4.78, 5) is 22.9. The molecule has 0 fully saturated rings. The molecule has 2 atom stereocenters. The van der Waals surface area contributed by atoms with Crippen LogP contribution in [-0.2, 0) is 12.8 Å². The molecule has 0 aliphatic heterocycles. The number of thioether (sulfide) groups is 1. The molecule has 2 N–H and O–H groups in total. The van der Waals surface area contributed by atoms with Gasteiger partial charge in [-0.1, -0.05) is 42.2 Å². The molecule has 0 amide bonds. The van der Waals surface area contributed by atoms with Gasteiger partial charge in [-0.05, 0) is 62.3 Å². The normalized spacial score (nSPS) is 16.9. The largest absolute Gasteiger partial charge is 0.330 e. The first kappa shape index (κ1) is 20.7. The Morgan fingerprint density at radius 1 is 1.29 bits per heavy atom. The van der Waals surface area contributed by atoms with E-state index in [1.807, 2.05) is 19.1 Å². The van der Waals surface area contributed by atoms with Gasteiger partial charge in [-0.15, -0.1) is 21.5 Å². The van der Waals surface area contributed by atoms with Gasteiger partial charge in [0.05, 0.1) is 10.6 Å². The zero-order valence-electron chi connectivity index (χ0n) is 17.6. The van der Waals surface area contributed by atoms with E-state index in [1.165, 1.54) is 27.3 Å². The van der Waals surface area contributed by atoms with Crippen molar-refractivity contribution in [2.75, 3.05) is 5.32 Å². The van der Waals surface area contributed by atoms with Crippen LogP contribution in [0.4, 0.5) is 10.8 Å². The molecule has 3 heterocycles. The van der Waals surface area contributed by atoms with Crippen molar-refractivity contribution in [3.05, 3.63) is 56.4 Å². The number of nitrogens with zero attached hydrogens (tertiary/aromatic N) is 3. The third-order valence-corrected chi connectivity index (χ3v) is 8.70. The lowest BCUT2D eigenvalue weighted by Crippen LogP contribution is -2.15. The lowest BCUT2D eigenvalue weighted by atomic mass is 9.89. The summed E-state index contributed by atoms with van der Waals surface area (Å²) in [6.07, 6.45) is 3.17. The van der Waals surface area contributed by atoms with Gasteiger partial charge in [0.2, 0.25) is 5.13 Å². The van der Waals surface area contributed by atoms with Crippen LogP contribution < -0.4 is 10.9 Å². The molecule has 31 heavy (non-hydrogen) atoms. The lowest BCUT2D eigenvalue weighted by Gasteiger charge is -2.17. The van der Waals surface area contributed by atoms with Crippen molar-refractivity contribution in [1.82, 2.24) is 20.2 Å². The molecule has 0 radical (unpaired) electrons. The molecule has 1 aliphatic rings. The average molecular weight is 470 g/mol. The highest BCUT2D eigenvalue weighted by Gasteiger charge is 2.24. The highest BCUT2D eigenvalue weighted by atomic mass is 32.2. The van der Waals surface area contributed by atoms with Crippen LogP contribution in [0.15, 0.2) is 33.4 Å². The van der Waals surface area contributed by atoms with Crippen molar-refractivity contribution in [2.24, 2.45) is 5.92 Å². The molecular weight excluding hydrogens is 446 g/mol. The Hall–Kier alpha value is -2.23. The summed E-state index contributed by atoms with van der Waals surface area (Å²) < 4.78 is 0.838. The summed E-state index contributed by atoms with van der Waals surface area (Å²) in [6, 6.07) is 8.15. The second-order valence-electron chi connectivity index (χ2n) is 8.11. The van der Waals surface area contributed by atoms with E-state index in [1.54, 1.807) is 23.1 Å². The SMILES string of the molecule is Cc1cccc(Nc2nnc(S[C@@H](C)c3nc4sc5c(c4c(=O)[nH]3)CC[C@@H](C)C5)s2)c1. The number of rotatable bonds is 5. The van der Waals surface area contributed by atoms with Crippen LogP contribution in [0, 0.1) is 12.8 Å². The van der Waals surface area contributed by atoms with Crippen LogP contribution >= 0.6 is 34.4 Å². The molecule has 0 bridgehead atoms.